The summed E-state index contributed by atoms with van der Waals surface area (Å²) in [4.78, 5) is 14.8. The molecule has 0 spiro atoms. The third kappa shape index (κ3) is 4.57. The first-order valence-electron chi connectivity index (χ1n) is 8.59. The van der Waals surface area contributed by atoms with Crippen LogP contribution in [0.2, 0.25) is 0 Å². The highest BCUT2D eigenvalue weighted by Crippen LogP contribution is 2.29. The van der Waals surface area contributed by atoms with Gasteiger partial charge in [0, 0.05) is 18.2 Å². The summed E-state index contributed by atoms with van der Waals surface area (Å²) in [5, 5.41) is 0. The van der Waals surface area contributed by atoms with Crippen molar-refractivity contribution in [2.45, 2.75) is 53.0 Å². The van der Waals surface area contributed by atoms with Crippen LogP contribution in [0.1, 0.15) is 56.0 Å². The number of allylic oxidation sites excluding steroid dienone is 2. The van der Waals surface area contributed by atoms with Gasteiger partial charge < -0.3 is 4.90 Å². The number of nitrogens with zero attached hydrogens (tertiary/aromatic N) is 1. The number of hydrogen-bond acceptors (Lipinski definition) is 1. The molecule has 0 saturated heterocycles. The monoisotopic (exact) mass is 311 g/mol. The number of aryl methyl sites for hydroxylation is 1. The number of carbonyl (C=O) groups excluding carboxylic acids is 1. The van der Waals surface area contributed by atoms with Crippen LogP contribution in [0.3, 0.4) is 0 Å². The maximum Gasteiger partial charge on any atom is 0.254 e. The smallest absolute Gasteiger partial charge is 0.254 e. The Morgan fingerprint density at radius 1 is 1.30 bits per heavy atom. The van der Waals surface area contributed by atoms with Crippen molar-refractivity contribution in [3.05, 3.63) is 59.2 Å². The summed E-state index contributed by atoms with van der Waals surface area (Å²) in [5.41, 5.74) is 4.62. The van der Waals surface area contributed by atoms with Crippen molar-refractivity contribution in [1.82, 2.24) is 4.90 Å². The van der Waals surface area contributed by atoms with Crippen LogP contribution in [0.25, 0.3) is 0 Å². The van der Waals surface area contributed by atoms with Crippen molar-refractivity contribution in [3.8, 4) is 0 Å². The topological polar surface area (TPSA) is 20.3 Å². The molecule has 0 saturated carbocycles. The van der Waals surface area contributed by atoms with Crippen molar-refractivity contribution in [2.24, 2.45) is 5.92 Å². The van der Waals surface area contributed by atoms with E-state index >= 15 is 0 Å². The zero-order valence-corrected chi connectivity index (χ0v) is 14.9. The first-order valence-corrected chi connectivity index (χ1v) is 8.59. The highest BCUT2D eigenvalue weighted by atomic mass is 16.2. The predicted molar refractivity (Wildman–Crippen MR) is 97.6 cm³/mol. The zero-order valence-electron chi connectivity index (χ0n) is 14.9. The van der Waals surface area contributed by atoms with Gasteiger partial charge in [0.2, 0.25) is 0 Å². The predicted octanol–water partition coefficient (Wildman–Crippen LogP) is 5.15. The van der Waals surface area contributed by atoms with Gasteiger partial charge in [-0.1, -0.05) is 41.5 Å². The molecule has 23 heavy (non-hydrogen) atoms. The van der Waals surface area contributed by atoms with E-state index in [0.29, 0.717) is 5.92 Å². The third-order valence-electron chi connectivity index (χ3n) is 4.76. The van der Waals surface area contributed by atoms with Gasteiger partial charge in [0.1, 0.15) is 0 Å². The Hall–Kier alpha value is -1.83. The lowest BCUT2D eigenvalue weighted by Crippen LogP contribution is -2.38. The lowest BCUT2D eigenvalue weighted by Gasteiger charge is -2.30. The molecule has 2 heteroatoms. The first-order chi connectivity index (χ1) is 10.9. The zero-order chi connectivity index (χ0) is 17.0. The molecule has 0 N–H and O–H groups in total. The molecule has 2 nitrogen and oxygen atoms in total. The van der Waals surface area contributed by atoms with Crippen LogP contribution in [0.5, 0.6) is 0 Å². The molecule has 0 radical (unpaired) electrons. The van der Waals surface area contributed by atoms with Crippen LogP contribution >= 0.6 is 0 Å². The quantitative estimate of drug-likeness (QED) is 0.689. The summed E-state index contributed by atoms with van der Waals surface area (Å²) in [6.45, 7) is 13.2. The molecule has 1 amide bonds. The second-order valence-electron chi connectivity index (χ2n) is 7.07. The van der Waals surface area contributed by atoms with Gasteiger partial charge in [-0.25, -0.2) is 0 Å². The molecular weight excluding hydrogens is 282 g/mol. The molecule has 0 aromatic heterocycles. The molecule has 1 aromatic rings. The molecule has 0 heterocycles. The highest BCUT2D eigenvalue weighted by Gasteiger charge is 2.22. The normalized spacial score (nSPS) is 17.8. The lowest BCUT2D eigenvalue weighted by molar-refractivity contribution is 0.0721. The van der Waals surface area contributed by atoms with Crippen molar-refractivity contribution in [2.75, 3.05) is 6.54 Å². The fraction of sp³-hybridized carbons (Fsp3) is 0.476. The molecule has 0 bridgehead atoms. The van der Waals surface area contributed by atoms with Gasteiger partial charge in [0.15, 0.2) is 0 Å². The third-order valence-corrected chi connectivity index (χ3v) is 4.76. The van der Waals surface area contributed by atoms with Crippen LogP contribution in [0.15, 0.2) is 48.1 Å². The average Bonchev–Trinajstić information content (AvgIpc) is 2.53. The Bertz CT molecular complexity index is 595. The van der Waals surface area contributed by atoms with E-state index in [1.165, 1.54) is 16.7 Å². The molecule has 0 aliphatic heterocycles. The Morgan fingerprint density at radius 3 is 2.43 bits per heavy atom. The maximum atomic E-state index is 12.8. The molecule has 1 aliphatic carbocycles. The van der Waals surface area contributed by atoms with Crippen molar-refractivity contribution in [1.29, 1.82) is 0 Å². The van der Waals surface area contributed by atoms with Gasteiger partial charge in [-0.3, -0.25) is 4.79 Å². The van der Waals surface area contributed by atoms with Crippen molar-refractivity contribution in [3.63, 3.8) is 0 Å². The minimum atomic E-state index is 0.128. The van der Waals surface area contributed by atoms with E-state index in [9.17, 15) is 4.79 Å². The minimum Gasteiger partial charge on any atom is -0.332 e. The van der Waals surface area contributed by atoms with Crippen LogP contribution in [-0.4, -0.2) is 23.4 Å². The van der Waals surface area contributed by atoms with Gasteiger partial charge in [0.05, 0.1) is 0 Å². The number of carbonyl (C=O) groups is 1. The lowest BCUT2D eigenvalue weighted by atomic mass is 9.85. The molecule has 2 rings (SSSR count). The second kappa shape index (κ2) is 7.63. The largest absolute Gasteiger partial charge is 0.332 e. The highest BCUT2D eigenvalue weighted by molar-refractivity contribution is 5.94. The van der Waals surface area contributed by atoms with Crippen molar-refractivity contribution >= 4 is 5.91 Å². The number of benzene rings is 1. The van der Waals surface area contributed by atoms with Crippen LogP contribution in [-0.2, 0) is 0 Å². The second-order valence-corrected chi connectivity index (χ2v) is 7.07. The fourth-order valence-corrected chi connectivity index (χ4v) is 3.05. The number of hydrogen-bond donors (Lipinski definition) is 0. The summed E-state index contributed by atoms with van der Waals surface area (Å²) in [5.74, 6) is 0.738. The standard InChI is InChI=1S/C21H29NO/c1-15(2)19-12-8-18(9-13-19)14-22(16(3)4)21(23)20-10-6-17(5)7-11-20/h6-8,10-11,16,19H,1,9,12-14H2,2-5H3. The number of amides is 1. The molecule has 124 valence electrons. The van der Waals surface area contributed by atoms with Crippen LogP contribution < -0.4 is 0 Å². The van der Waals surface area contributed by atoms with Gasteiger partial charge in [-0.05, 0) is 65.0 Å². The number of rotatable bonds is 5. The molecule has 1 atom stereocenters. The Labute approximate surface area is 140 Å². The van der Waals surface area contributed by atoms with E-state index in [4.69, 9.17) is 0 Å². The minimum absolute atomic E-state index is 0.128. The van der Waals surface area contributed by atoms with E-state index in [1.54, 1.807) is 0 Å². The summed E-state index contributed by atoms with van der Waals surface area (Å²) in [6, 6.07) is 8.06. The van der Waals surface area contributed by atoms with Crippen LogP contribution in [0, 0.1) is 12.8 Å². The molecule has 1 aliphatic rings. The van der Waals surface area contributed by atoms with E-state index in [0.717, 1.165) is 31.4 Å². The summed E-state index contributed by atoms with van der Waals surface area (Å²) in [6.07, 6.45) is 5.61. The van der Waals surface area contributed by atoms with Gasteiger partial charge in [-0.15, -0.1) is 0 Å². The van der Waals surface area contributed by atoms with Crippen molar-refractivity contribution < 1.29 is 4.79 Å². The van der Waals surface area contributed by atoms with Gasteiger partial charge >= 0.3 is 0 Å². The Kier molecular flexibility index (Phi) is 5.81. The average molecular weight is 311 g/mol. The van der Waals surface area contributed by atoms with Gasteiger partial charge in [0.25, 0.3) is 5.91 Å². The van der Waals surface area contributed by atoms with E-state index in [-0.39, 0.29) is 11.9 Å². The molecular formula is C21H29NO. The summed E-state index contributed by atoms with van der Waals surface area (Å²) >= 11 is 0. The molecule has 0 fully saturated rings. The van der Waals surface area contributed by atoms with E-state index in [2.05, 4.69) is 33.4 Å². The van der Waals surface area contributed by atoms with Crippen LogP contribution in [0.4, 0.5) is 0 Å². The van der Waals surface area contributed by atoms with E-state index < -0.39 is 0 Å². The SMILES string of the molecule is C=C(C)C1CC=C(CN(C(=O)c2ccc(C)cc2)C(C)C)CC1. The summed E-state index contributed by atoms with van der Waals surface area (Å²) < 4.78 is 0. The van der Waals surface area contributed by atoms with E-state index in [1.807, 2.05) is 36.1 Å². The Morgan fingerprint density at radius 2 is 1.96 bits per heavy atom. The molecule has 1 unspecified atom stereocenters. The first kappa shape index (κ1) is 17.5. The molecule has 1 aromatic carbocycles. The fourth-order valence-electron chi connectivity index (χ4n) is 3.05. The van der Waals surface area contributed by atoms with Gasteiger partial charge in [-0.2, -0.15) is 0 Å². The Balaban J connectivity index is 2.09. The summed E-state index contributed by atoms with van der Waals surface area (Å²) in [7, 11) is 0. The maximum absolute atomic E-state index is 12.8.